The van der Waals surface area contributed by atoms with E-state index in [9.17, 15) is 4.79 Å². The number of hydrogen-bond donors (Lipinski definition) is 1. The molecule has 1 aliphatic carbocycles. The molecule has 1 aromatic carbocycles. The fraction of sp³-hybridized carbons (Fsp3) is 0.640. The average molecular weight is 399 g/mol. The molecule has 1 N–H and O–H groups in total. The molecule has 1 saturated heterocycles. The predicted molar refractivity (Wildman–Crippen MR) is 119 cm³/mol. The number of allylic oxidation sites excluding steroid dienone is 1. The number of ether oxygens (including phenoxy) is 1. The maximum Gasteiger partial charge on any atom is 0.230 e. The number of hydrogen-bond acceptors (Lipinski definition) is 3. The van der Waals surface area contributed by atoms with Crippen molar-refractivity contribution in [2.75, 3.05) is 33.4 Å². The summed E-state index contributed by atoms with van der Waals surface area (Å²) in [6.07, 6.45) is 10.5. The van der Waals surface area contributed by atoms with Crippen LogP contribution >= 0.6 is 0 Å². The highest BCUT2D eigenvalue weighted by molar-refractivity contribution is 5.88. The van der Waals surface area contributed by atoms with Crippen molar-refractivity contribution in [2.45, 2.75) is 63.2 Å². The monoisotopic (exact) mass is 398 g/mol. The Kier molecular flexibility index (Phi) is 8.17. The first-order valence-electron chi connectivity index (χ1n) is 11.4. The molecule has 4 nitrogen and oxygen atoms in total. The van der Waals surface area contributed by atoms with Gasteiger partial charge >= 0.3 is 0 Å². The molecule has 29 heavy (non-hydrogen) atoms. The number of likely N-dealkylation sites (tertiary alicyclic amines) is 1. The second-order valence-electron chi connectivity index (χ2n) is 8.79. The molecule has 0 aromatic heterocycles. The van der Waals surface area contributed by atoms with E-state index in [2.05, 4.69) is 28.9 Å². The molecule has 2 fully saturated rings. The Morgan fingerprint density at radius 1 is 1.21 bits per heavy atom. The summed E-state index contributed by atoms with van der Waals surface area (Å²) in [6.45, 7) is 7.54. The van der Waals surface area contributed by atoms with Crippen LogP contribution < -0.4 is 5.32 Å². The summed E-state index contributed by atoms with van der Waals surface area (Å²) in [5, 5.41) is 3.17. The second-order valence-corrected chi connectivity index (χ2v) is 8.79. The number of carbonyl (C=O) groups excluding carboxylic acids is 1. The van der Waals surface area contributed by atoms with Gasteiger partial charge in [0.1, 0.15) is 0 Å². The summed E-state index contributed by atoms with van der Waals surface area (Å²) in [4.78, 5) is 15.7. The Morgan fingerprint density at radius 2 is 1.90 bits per heavy atom. The highest BCUT2D eigenvalue weighted by Crippen LogP contribution is 2.38. The number of amides is 1. The third-order valence-corrected chi connectivity index (χ3v) is 6.95. The first-order valence-corrected chi connectivity index (χ1v) is 11.4. The van der Waals surface area contributed by atoms with E-state index in [1.54, 1.807) is 7.11 Å². The van der Waals surface area contributed by atoms with E-state index < -0.39 is 5.41 Å². The molecule has 0 bridgehead atoms. The van der Waals surface area contributed by atoms with Gasteiger partial charge in [-0.3, -0.25) is 4.79 Å². The Labute approximate surface area is 176 Å². The number of methoxy groups -OCH3 is 1. The van der Waals surface area contributed by atoms with E-state index in [0.29, 0.717) is 13.2 Å². The van der Waals surface area contributed by atoms with E-state index in [1.807, 2.05) is 18.2 Å². The number of benzene rings is 1. The number of piperidine rings is 1. The van der Waals surface area contributed by atoms with E-state index in [0.717, 1.165) is 50.3 Å². The molecule has 4 heteroatoms. The topological polar surface area (TPSA) is 41.6 Å². The van der Waals surface area contributed by atoms with E-state index in [1.165, 1.54) is 37.8 Å². The molecule has 0 unspecified atom stereocenters. The van der Waals surface area contributed by atoms with Gasteiger partial charge in [0.2, 0.25) is 5.91 Å². The Morgan fingerprint density at radius 3 is 2.55 bits per heavy atom. The molecular weight excluding hydrogens is 360 g/mol. The van der Waals surface area contributed by atoms with Gasteiger partial charge in [-0.2, -0.15) is 0 Å². The normalized spacial score (nSPS) is 19.3. The predicted octanol–water partition coefficient (Wildman–Crippen LogP) is 4.66. The minimum atomic E-state index is -0.434. The first-order chi connectivity index (χ1) is 14.2. The lowest BCUT2D eigenvalue weighted by Crippen LogP contribution is -2.51. The number of rotatable bonds is 10. The lowest BCUT2D eigenvalue weighted by molar-refractivity contribution is -0.128. The second kappa shape index (κ2) is 10.8. The summed E-state index contributed by atoms with van der Waals surface area (Å²) in [5.74, 6) is 1.06. The molecule has 160 valence electrons. The van der Waals surface area contributed by atoms with Crippen molar-refractivity contribution in [2.24, 2.45) is 5.92 Å². The zero-order valence-electron chi connectivity index (χ0n) is 18.1. The fourth-order valence-electron chi connectivity index (χ4n) is 5.02. The van der Waals surface area contributed by atoms with Crippen molar-refractivity contribution in [1.29, 1.82) is 0 Å². The van der Waals surface area contributed by atoms with Crippen LogP contribution in [0, 0.1) is 5.92 Å². The summed E-state index contributed by atoms with van der Waals surface area (Å²) in [6, 6.07) is 10.3. The first kappa shape index (κ1) is 21.9. The number of nitrogens with zero attached hydrogens (tertiary/aromatic N) is 1. The Balaban J connectivity index is 1.60. The summed E-state index contributed by atoms with van der Waals surface area (Å²) in [5.41, 5.74) is 1.97. The SMILES string of the molecule is C=C(CCC1CCCC1)N1CCC(C(=O)NCCCOC)(c2ccccc2)CC1. The summed E-state index contributed by atoms with van der Waals surface area (Å²) >= 11 is 0. The third kappa shape index (κ3) is 5.63. The van der Waals surface area contributed by atoms with Gasteiger partial charge in [-0.15, -0.1) is 0 Å². The molecule has 0 radical (unpaired) electrons. The van der Waals surface area contributed by atoms with Gasteiger partial charge in [-0.1, -0.05) is 62.6 Å². The van der Waals surface area contributed by atoms with Gasteiger partial charge in [-0.05, 0) is 43.6 Å². The molecule has 0 spiro atoms. The van der Waals surface area contributed by atoms with Crippen molar-refractivity contribution in [3.05, 3.63) is 48.2 Å². The van der Waals surface area contributed by atoms with Crippen LogP contribution in [0.4, 0.5) is 0 Å². The van der Waals surface area contributed by atoms with E-state index in [-0.39, 0.29) is 5.91 Å². The van der Waals surface area contributed by atoms with Crippen molar-refractivity contribution in [3.63, 3.8) is 0 Å². The van der Waals surface area contributed by atoms with Crippen LogP contribution in [0.25, 0.3) is 0 Å². The molecule has 1 aliphatic heterocycles. The molecule has 1 saturated carbocycles. The van der Waals surface area contributed by atoms with Crippen molar-refractivity contribution in [1.82, 2.24) is 10.2 Å². The quantitative estimate of drug-likeness (QED) is 0.583. The van der Waals surface area contributed by atoms with Gasteiger partial charge < -0.3 is 15.0 Å². The molecule has 1 heterocycles. The highest BCUT2D eigenvalue weighted by atomic mass is 16.5. The standard InChI is InChI=1S/C25H38N2O2/c1-21(13-14-22-9-6-7-10-22)27-18-15-25(16-19-27,23-11-4-3-5-12-23)24(28)26-17-8-20-29-2/h3-5,11-12,22H,1,6-10,13-20H2,2H3,(H,26,28). The lowest BCUT2D eigenvalue weighted by Gasteiger charge is -2.42. The molecule has 0 atom stereocenters. The van der Waals surface area contributed by atoms with Crippen LogP contribution in [0.15, 0.2) is 42.6 Å². The van der Waals surface area contributed by atoms with Crippen molar-refractivity contribution in [3.8, 4) is 0 Å². The van der Waals surface area contributed by atoms with Gasteiger partial charge in [0.25, 0.3) is 0 Å². The lowest BCUT2D eigenvalue weighted by atomic mass is 9.71. The Hall–Kier alpha value is -1.81. The van der Waals surface area contributed by atoms with Gasteiger partial charge in [-0.25, -0.2) is 0 Å². The van der Waals surface area contributed by atoms with Crippen LogP contribution in [0.2, 0.25) is 0 Å². The molecule has 2 aliphatic rings. The fourth-order valence-corrected chi connectivity index (χ4v) is 5.02. The zero-order valence-corrected chi connectivity index (χ0v) is 18.1. The molecule has 3 rings (SSSR count). The van der Waals surface area contributed by atoms with Crippen LogP contribution in [0.5, 0.6) is 0 Å². The van der Waals surface area contributed by atoms with Gasteiger partial charge in [0.05, 0.1) is 5.41 Å². The van der Waals surface area contributed by atoms with E-state index in [4.69, 9.17) is 4.74 Å². The molecular formula is C25H38N2O2. The zero-order chi connectivity index (χ0) is 20.5. The number of nitrogens with one attached hydrogen (secondary N) is 1. The van der Waals surface area contributed by atoms with Crippen LogP contribution in [-0.4, -0.2) is 44.2 Å². The average Bonchev–Trinajstić information content (AvgIpc) is 3.29. The van der Waals surface area contributed by atoms with Crippen LogP contribution in [0.1, 0.15) is 63.4 Å². The van der Waals surface area contributed by atoms with Crippen LogP contribution in [0.3, 0.4) is 0 Å². The third-order valence-electron chi connectivity index (χ3n) is 6.95. The maximum absolute atomic E-state index is 13.3. The van der Waals surface area contributed by atoms with Crippen molar-refractivity contribution >= 4 is 5.91 Å². The summed E-state index contributed by atoms with van der Waals surface area (Å²) in [7, 11) is 1.70. The van der Waals surface area contributed by atoms with Gasteiger partial charge in [0, 0.05) is 39.0 Å². The highest BCUT2D eigenvalue weighted by Gasteiger charge is 2.42. The minimum Gasteiger partial charge on any atom is -0.385 e. The molecule has 1 aromatic rings. The maximum atomic E-state index is 13.3. The number of carbonyl (C=O) groups is 1. The van der Waals surface area contributed by atoms with Crippen molar-refractivity contribution < 1.29 is 9.53 Å². The smallest absolute Gasteiger partial charge is 0.230 e. The largest absolute Gasteiger partial charge is 0.385 e. The van der Waals surface area contributed by atoms with E-state index >= 15 is 0 Å². The van der Waals surface area contributed by atoms with Gasteiger partial charge in [0.15, 0.2) is 0 Å². The molecule has 1 amide bonds. The summed E-state index contributed by atoms with van der Waals surface area (Å²) < 4.78 is 5.11. The van der Waals surface area contributed by atoms with Crippen LogP contribution in [-0.2, 0) is 14.9 Å². The minimum absolute atomic E-state index is 0.163. The Bertz CT molecular complexity index is 644.